The van der Waals surface area contributed by atoms with Gasteiger partial charge in [0.05, 0.1) is 18.2 Å². The molecular weight excluding hydrogens is 208 g/mol. The molecule has 6 nitrogen and oxygen atoms in total. The van der Waals surface area contributed by atoms with Gasteiger partial charge in [-0.05, 0) is 0 Å². The number of aromatic nitrogens is 1. The molecule has 1 aromatic heterocycles. The van der Waals surface area contributed by atoms with Crippen molar-refractivity contribution >= 4 is 11.6 Å². The molecule has 1 heterocycles. The van der Waals surface area contributed by atoms with Crippen molar-refractivity contribution in [2.45, 2.75) is 13.0 Å². The summed E-state index contributed by atoms with van der Waals surface area (Å²) in [5.74, 6) is -0.224. The Morgan fingerprint density at radius 1 is 1.62 bits per heavy atom. The fourth-order valence-electron chi connectivity index (χ4n) is 1.12. The highest BCUT2D eigenvalue weighted by Crippen LogP contribution is 1.93. The van der Waals surface area contributed by atoms with Gasteiger partial charge in [-0.25, -0.2) is 0 Å². The summed E-state index contributed by atoms with van der Waals surface area (Å²) in [6.45, 7) is 0.404. The summed E-state index contributed by atoms with van der Waals surface area (Å²) < 4.78 is 1.51. The van der Waals surface area contributed by atoms with Gasteiger partial charge in [-0.1, -0.05) is 0 Å². The molecule has 0 unspecified atom stereocenters. The normalized spacial score (nSPS) is 9.44. The minimum absolute atomic E-state index is 0.0793. The molecule has 6 heteroatoms. The number of nitriles is 1. The largest absolute Gasteiger partial charge is 0.394 e. The van der Waals surface area contributed by atoms with Crippen molar-refractivity contribution in [3.8, 4) is 6.07 Å². The zero-order chi connectivity index (χ0) is 12.0. The molecule has 0 aliphatic carbocycles. The zero-order valence-electron chi connectivity index (χ0n) is 8.64. The molecule has 3 N–H and O–H groups in total. The molecule has 0 atom stereocenters. The highest BCUT2D eigenvalue weighted by molar-refractivity contribution is 5.75. The first-order chi connectivity index (χ1) is 7.63. The lowest BCUT2D eigenvalue weighted by Gasteiger charge is -2.06. The Morgan fingerprint density at radius 3 is 3.00 bits per heavy atom. The molecule has 0 aliphatic heterocycles. The molecule has 0 saturated heterocycles. The Kier molecular flexibility index (Phi) is 4.09. The second-order valence-corrected chi connectivity index (χ2v) is 3.19. The minimum atomic E-state index is -0.263. The van der Waals surface area contributed by atoms with Gasteiger partial charge in [0.25, 0.3) is 0 Å². The van der Waals surface area contributed by atoms with Gasteiger partial charge >= 0.3 is 0 Å². The van der Waals surface area contributed by atoms with E-state index >= 15 is 0 Å². The van der Waals surface area contributed by atoms with E-state index in [2.05, 4.69) is 5.32 Å². The summed E-state index contributed by atoms with van der Waals surface area (Å²) >= 11 is 0. The van der Waals surface area contributed by atoms with Gasteiger partial charge in [0.1, 0.15) is 6.54 Å². The maximum Gasteiger partial charge on any atom is 0.239 e. The van der Waals surface area contributed by atoms with Crippen LogP contribution in [-0.2, 0) is 11.3 Å². The zero-order valence-corrected chi connectivity index (χ0v) is 8.64. The van der Waals surface area contributed by atoms with Crippen LogP contribution in [0, 0.1) is 11.3 Å². The number of hydrogen-bond donors (Lipinski definition) is 2. The van der Waals surface area contributed by atoms with E-state index in [0.29, 0.717) is 6.54 Å². The standard InChI is InChI=1S/C10H12N4O2/c11-3-1-4-13-10(16)7-14-5-2-9(15)8(12)6-14/h2,5-6H,1,4,7,12H2,(H,13,16). The predicted molar refractivity (Wildman–Crippen MR) is 58.4 cm³/mol. The molecule has 0 aromatic carbocycles. The van der Waals surface area contributed by atoms with E-state index in [1.165, 1.54) is 23.0 Å². The number of pyridine rings is 1. The van der Waals surface area contributed by atoms with Crippen LogP contribution in [0.15, 0.2) is 23.3 Å². The average Bonchev–Trinajstić information content (AvgIpc) is 2.24. The second-order valence-electron chi connectivity index (χ2n) is 3.19. The van der Waals surface area contributed by atoms with Gasteiger partial charge in [0.15, 0.2) is 0 Å². The number of amides is 1. The number of hydrogen-bond acceptors (Lipinski definition) is 4. The monoisotopic (exact) mass is 220 g/mol. The fourth-order valence-corrected chi connectivity index (χ4v) is 1.12. The molecule has 0 bridgehead atoms. The molecule has 0 fully saturated rings. The van der Waals surface area contributed by atoms with Crippen molar-refractivity contribution in [1.29, 1.82) is 5.26 Å². The van der Waals surface area contributed by atoms with Crippen LogP contribution in [-0.4, -0.2) is 17.0 Å². The van der Waals surface area contributed by atoms with Gasteiger partial charge in [0.2, 0.25) is 11.3 Å². The summed E-state index contributed by atoms with van der Waals surface area (Å²) in [5, 5.41) is 10.8. The number of rotatable bonds is 4. The van der Waals surface area contributed by atoms with E-state index in [4.69, 9.17) is 11.0 Å². The van der Waals surface area contributed by atoms with Crippen LogP contribution < -0.4 is 16.5 Å². The third-order valence-electron chi connectivity index (χ3n) is 1.89. The number of anilines is 1. The van der Waals surface area contributed by atoms with Crippen LogP contribution >= 0.6 is 0 Å². The molecule has 1 amide bonds. The molecule has 0 radical (unpaired) electrons. The molecule has 1 aromatic rings. The van der Waals surface area contributed by atoms with Gasteiger partial charge in [0, 0.05) is 25.0 Å². The average molecular weight is 220 g/mol. The minimum Gasteiger partial charge on any atom is -0.394 e. The topological polar surface area (TPSA) is 101 Å². The van der Waals surface area contributed by atoms with Crippen molar-refractivity contribution in [2.75, 3.05) is 12.3 Å². The lowest BCUT2D eigenvalue weighted by molar-refractivity contribution is -0.121. The summed E-state index contributed by atoms with van der Waals surface area (Å²) in [5.41, 5.74) is 5.25. The highest BCUT2D eigenvalue weighted by atomic mass is 16.2. The number of carbonyl (C=O) groups is 1. The van der Waals surface area contributed by atoms with Gasteiger partial charge in [-0.2, -0.15) is 5.26 Å². The van der Waals surface area contributed by atoms with E-state index in [9.17, 15) is 9.59 Å². The third kappa shape index (κ3) is 3.46. The lowest BCUT2D eigenvalue weighted by atomic mass is 10.4. The van der Waals surface area contributed by atoms with Crippen LogP contribution in [0.5, 0.6) is 0 Å². The van der Waals surface area contributed by atoms with Gasteiger partial charge in [-0.3, -0.25) is 9.59 Å². The highest BCUT2D eigenvalue weighted by Gasteiger charge is 2.01. The first kappa shape index (κ1) is 11.8. The first-order valence-corrected chi connectivity index (χ1v) is 4.72. The molecule has 1 rings (SSSR count). The maximum absolute atomic E-state index is 11.3. The van der Waals surface area contributed by atoms with E-state index < -0.39 is 0 Å². The third-order valence-corrected chi connectivity index (χ3v) is 1.89. The van der Waals surface area contributed by atoms with E-state index in [1.54, 1.807) is 0 Å². The van der Waals surface area contributed by atoms with E-state index in [-0.39, 0.29) is 30.0 Å². The molecule has 0 saturated carbocycles. The first-order valence-electron chi connectivity index (χ1n) is 4.72. The van der Waals surface area contributed by atoms with E-state index in [1.807, 2.05) is 6.07 Å². The summed E-state index contributed by atoms with van der Waals surface area (Å²) in [7, 11) is 0. The number of nitrogen functional groups attached to an aromatic ring is 1. The maximum atomic E-state index is 11.3. The van der Waals surface area contributed by atoms with Crippen molar-refractivity contribution in [3.05, 3.63) is 28.7 Å². The predicted octanol–water partition coefficient (Wildman–Crippen LogP) is -0.540. The lowest BCUT2D eigenvalue weighted by Crippen LogP contribution is -2.28. The Balaban J connectivity index is 2.54. The quantitative estimate of drug-likeness (QED) is 0.665. The Labute approximate surface area is 92.3 Å². The number of carbonyl (C=O) groups excluding carboxylic acids is 1. The number of nitrogens with one attached hydrogen (secondary N) is 1. The second kappa shape index (κ2) is 5.56. The number of nitrogens with two attached hydrogens (primary N) is 1. The van der Waals surface area contributed by atoms with Crippen molar-refractivity contribution < 1.29 is 4.79 Å². The molecule has 16 heavy (non-hydrogen) atoms. The van der Waals surface area contributed by atoms with Crippen LogP contribution in [0.2, 0.25) is 0 Å². The smallest absolute Gasteiger partial charge is 0.239 e. The van der Waals surface area contributed by atoms with Crippen LogP contribution in [0.3, 0.4) is 0 Å². The van der Waals surface area contributed by atoms with Crippen molar-refractivity contribution in [2.24, 2.45) is 0 Å². The molecule has 84 valence electrons. The molecular formula is C10H12N4O2. The fraction of sp³-hybridized carbons (Fsp3) is 0.300. The SMILES string of the molecule is N#CCCNC(=O)Cn1ccc(=O)c(N)c1. The molecule has 0 aliphatic rings. The van der Waals surface area contributed by atoms with Crippen molar-refractivity contribution in [1.82, 2.24) is 9.88 Å². The van der Waals surface area contributed by atoms with Gasteiger partial charge in [-0.15, -0.1) is 0 Å². The Hall–Kier alpha value is -2.29. The van der Waals surface area contributed by atoms with Crippen LogP contribution in [0.4, 0.5) is 5.69 Å². The molecule has 0 spiro atoms. The Bertz CT molecular complexity index is 472. The summed E-state index contributed by atoms with van der Waals surface area (Å²) in [4.78, 5) is 22.3. The van der Waals surface area contributed by atoms with Crippen molar-refractivity contribution in [3.63, 3.8) is 0 Å². The Morgan fingerprint density at radius 2 is 2.38 bits per heavy atom. The van der Waals surface area contributed by atoms with Crippen LogP contribution in [0.25, 0.3) is 0 Å². The summed E-state index contributed by atoms with van der Waals surface area (Å²) in [6, 6.07) is 3.22. The number of nitrogens with zero attached hydrogens (tertiary/aromatic N) is 2. The van der Waals surface area contributed by atoms with Crippen LogP contribution in [0.1, 0.15) is 6.42 Å². The summed E-state index contributed by atoms with van der Waals surface area (Å²) in [6.07, 6.45) is 3.17. The van der Waals surface area contributed by atoms with Gasteiger partial charge < -0.3 is 15.6 Å². The van der Waals surface area contributed by atoms with E-state index in [0.717, 1.165) is 0 Å².